The first kappa shape index (κ1) is 14.7. The third-order valence-electron chi connectivity index (χ3n) is 7.75. The zero-order valence-electron chi connectivity index (χ0n) is 13.7. The topological polar surface area (TPSA) is 57.5 Å². The Morgan fingerprint density at radius 1 is 1.14 bits per heavy atom. The molecule has 3 saturated carbocycles. The zero-order chi connectivity index (χ0) is 15.6. The van der Waals surface area contributed by atoms with Gasteiger partial charge in [-0.1, -0.05) is 13.8 Å². The number of hydrogen-bond donors (Lipinski definition) is 2. The highest BCUT2D eigenvalue weighted by atomic mass is 16.3. The molecule has 0 heterocycles. The standard InChI is InChI=1S/C19H28O3/c1-10-9-14-11-7-8-19(2)15(5-6-16(19)20)12(11)3-4-13(14)18(22)17(10)21/h10-12,14-16,20,22H,3-9H2,1-2H3/t10?,11-,12+,14+,15-,16-,19-/m0/s1. The first-order valence-corrected chi connectivity index (χ1v) is 9.07. The summed E-state index contributed by atoms with van der Waals surface area (Å²) >= 11 is 0. The Morgan fingerprint density at radius 2 is 1.91 bits per heavy atom. The van der Waals surface area contributed by atoms with Crippen molar-refractivity contribution in [3.05, 3.63) is 11.3 Å². The molecule has 22 heavy (non-hydrogen) atoms. The van der Waals surface area contributed by atoms with Crippen molar-refractivity contribution in [2.45, 2.75) is 64.9 Å². The zero-order valence-corrected chi connectivity index (χ0v) is 13.7. The summed E-state index contributed by atoms with van der Waals surface area (Å²) in [6.45, 7) is 4.26. The molecule has 0 amide bonds. The van der Waals surface area contributed by atoms with E-state index in [0.29, 0.717) is 23.7 Å². The van der Waals surface area contributed by atoms with Crippen molar-refractivity contribution >= 4 is 5.78 Å². The number of carbonyl (C=O) groups excluding carboxylic acids is 1. The fourth-order valence-electron chi connectivity index (χ4n) is 6.46. The summed E-state index contributed by atoms with van der Waals surface area (Å²) in [4.78, 5) is 12.1. The fraction of sp³-hybridized carbons (Fsp3) is 0.842. The van der Waals surface area contributed by atoms with E-state index in [4.69, 9.17) is 0 Å². The Labute approximate surface area is 132 Å². The molecule has 4 aliphatic rings. The Balaban J connectivity index is 1.67. The van der Waals surface area contributed by atoms with Gasteiger partial charge in [0, 0.05) is 5.92 Å². The Hall–Kier alpha value is -0.830. The van der Waals surface area contributed by atoms with Gasteiger partial charge in [-0.05, 0) is 79.6 Å². The van der Waals surface area contributed by atoms with Crippen molar-refractivity contribution < 1.29 is 15.0 Å². The minimum atomic E-state index is -0.129. The van der Waals surface area contributed by atoms with E-state index in [9.17, 15) is 15.0 Å². The van der Waals surface area contributed by atoms with E-state index in [1.165, 1.54) is 0 Å². The second-order valence-corrected chi connectivity index (χ2v) is 8.59. The summed E-state index contributed by atoms with van der Waals surface area (Å²) in [7, 11) is 0. The summed E-state index contributed by atoms with van der Waals surface area (Å²) < 4.78 is 0. The Morgan fingerprint density at radius 3 is 2.68 bits per heavy atom. The maximum Gasteiger partial charge on any atom is 0.199 e. The van der Waals surface area contributed by atoms with E-state index < -0.39 is 0 Å². The Kier molecular flexibility index (Phi) is 3.24. The Bertz CT molecular complexity index is 537. The quantitative estimate of drug-likeness (QED) is 0.718. The van der Waals surface area contributed by atoms with E-state index in [2.05, 4.69) is 6.92 Å². The van der Waals surface area contributed by atoms with Crippen LogP contribution in [0.4, 0.5) is 0 Å². The van der Waals surface area contributed by atoms with E-state index in [1.807, 2.05) is 6.92 Å². The minimum absolute atomic E-state index is 0.0324. The maximum atomic E-state index is 12.1. The number of carbonyl (C=O) groups is 1. The van der Waals surface area contributed by atoms with Gasteiger partial charge in [0.2, 0.25) is 0 Å². The number of aliphatic hydroxyl groups excluding tert-OH is 2. The highest BCUT2D eigenvalue weighted by molar-refractivity contribution is 5.96. The van der Waals surface area contributed by atoms with Gasteiger partial charge in [-0.15, -0.1) is 0 Å². The summed E-state index contributed by atoms with van der Waals surface area (Å²) in [5.41, 5.74) is 1.17. The molecule has 2 N–H and O–H groups in total. The second kappa shape index (κ2) is 4.83. The molecule has 0 aromatic heterocycles. The molecule has 122 valence electrons. The third-order valence-corrected chi connectivity index (χ3v) is 7.75. The molecule has 0 aromatic rings. The highest BCUT2D eigenvalue weighted by Crippen LogP contribution is 2.62. The van der Waals surface area contributed by atoms with Gasteiger partial charge in [0.15, 0.2) is 11.5 Å². The first-order valence-electron chi connectivity index (χ1n) is 9.07. The summed E-state index contributed by atoms with van der Waals surface area (Å²) in [5.74, 6) is 2.37. The molecular weight excluding hydrogens is 276 g/mol. The summed E-state index contributed by atoms with van der Waals surface area (Å²) in [6.07, 6.45) is 7.14. The van der Waals surface area contributed by atoms with Crippen LogP contribution in [0.2, 0.25) is 0 Å². The molecule has 3 heteroatoms. The fourth-order valence-corrected chi connectivity index (χ4v) is 6.46. The van der Waals surface area contributed by atoms with Crippen LogP contribution >= 0.6 is 0 Å². The van der Waals surface area contributed by atoms with Crippen LogP contribution in [0, 0.1) is 35.0 Å². The molecule has 4 rings (SSSR count). The molecule has 4 aliphatic carbocycles. The largest absolute Gasteiger partial charge is 0.504 e. The van der Waals surface area contributed by atoms with Gasteiger partial charge < -0.3 is 10.2 Å². The van der Waals surface area contributed by atoms with E-state index in [-0.39, 0.29) is 29.0 Å². The molecule has 7 atom stereocenters. The number of ketones is 1. The highest BCUT2D eigenvalue weighted by Gasteiger charge is 2.56. The number of rotatable bonds is 0. The molecule has 3 nitrogen and oxygen atoms in total. The van der Waals surface area contributed by atoms with Gasteiger partial charge in [0.1, 0.15) is 0 Å². The molecular formula is C19H28O3. The number of aliphatic hydroxyl groups is 2. The van der Waals surface area contributed by atoms with E-state index >= 15 is 0 Å². The average Bonchev–Trinajstić information content (AvgIpc) is 2.80. The SMILES string of the molecule is CC1C[C@H]2C(=C(O)C1=O)CC[C@@H]1[C@@H]2CC[C@]2(C)[C@@H](O)CC[C@@H]12. The average molecular weight is 304 g/mol. The molecule has 0 radical (unpaired) electrons. The monoisotopic (exact) mass is 304 g/mol. The predicted molar refractivity (Wildman–Crippen MR) is 84.2 cm³/mol. The van der Waals surface area contributed by atoms with Crippen LogP contribution in [0.15, 0.2) is 11.3 Å². The van der Waals surface area contributed by atoms with Gasteiger partial charge in [-0.3, -0.25) is 4.79 Å². The molecule has 0 aromatic carbocycles. The van der Waals surface area contributed by atoms with Crippen molar-refractivity contribution in [2.75, 3.05) is 0 Å². The van der Waals surface area contributed by atoms with Crippen LogP contribution in [-0.2, 0) is 4.79 Å². The van der Waals surface area contributed by atoms with Crippen LogP contribution in [-0.4, -0.2) is 22.1 Å². The van der Waals surface area contributed by atoms with Crippen molar-refractivity contribution in [3.63, 3.8) is 0 Å². The molecule has 0 spiro atoms. The van der Waals surface area contributed by atoms with Gasteiger partial charge in [-0.2, -0.15) is 0 Å². The number of allylic oxidation sites excluding steroid dienone is 1. The molecule has 1 unspecified atom stereocenters. The molecule has 0 aliphatic heterocycles. The van der Waals surface area contributed by atoms with Gasteiger partial charge >= 0.3 is 0 Å². The maximum absolute atomic E-state index is 12.1. The van der Waals surface area contributed by atoms with Crippen LogP contribution in [0.1, 0.15) is 58.8 Å². The number of hydrogen-bond acceptors (Lipinski definition) is 3. The van der Waals surface area contributed by atoms with Crippen molar-refractivity contribution in [3.8, 4) is 0 Å². The predicted octanol–water partition coefficient (Wildman–Crippen LogP) is 3.62. The first-order chi connectivity index (χ1) is 10.4. The third kappa shape index (κ3) is 1.81. The normalized spacial score (nSPS) is 51.3. The van der Waals surface area contributed by atoms with E-state index in [1.54, 1.807) is 0 Å². The van der Waals surface area contributed by atoms with Gasteiger partial charge in [0.05, 0.1) is 6.10 Å². The van der Waals surface area contributed by atoms with Gasteiger partial charge in [0.25, 0.3) is 0 Å². The van der Waals surface area contributed by atoms with Crippen LogP contribution in [0.3, 0.4) is 0 Å². The molecule has 0 bridgehead atoms. The van der Waals surface area contributed by atoms with Crippen molar-refractivity contribution in [1.29, 1.82) is 0 Å². The van der Waals surface area contributed by atoms with E-state index in [0.717, 1.165) is 50.5 Å². The molecule has 3 fully saturated rings. The summed E-state index contributed by atoms with van der Waals surface area (Å²) in [5, 5.41) is 20.7. The lowest BCUT2D eigenvalue weighted by Gasteiger charge is -2.53. The van der Waals surface area contributed by atoms with Crippen LogP contribution in [0.25, 0.3) is 0 Å². The number of Topliss-reactive ketones (excluding diaryl/α,β-unsaturated/α-hetero) is 1. The van der Waals surface area contributed by atoms with Crippen molar-refractivity contribution in [2.24, 2.45) is 35.0 Å². The second-order valence-electron chi connectivity index (χ2n) is 8.59. The minimum Gasteiger partial charge on any atom is -0.504 e. The van der Waals surface area contributed by atoms with Gasteiger partial charge in [-0.25, -0.2) is 0 Å². The summed E-state index contributed by atoms with van der Waals surface area (Å²) in [6, 6.07) is 0. The smallest absolute Gasteiger partial charge is 0.199 e. The molecule has 0 saturated heterocycles. The van der Waals surface area contributed by atoms with Crippen LogP contribution < -0.4 is 0 Å². The lowest BCUT2D eigenvalue weighted by atomic mass is 9.51. The number of fused-ring (bicyclic) bond motifs is 5. The lowest BCUT2D eigenvalue weighted by Crippen LogP contribution is -2.48. The lowest BCUT2D eigenvalue weighted by molar-refractivity contribution is -0.124. The van der Waals surface area contributed by atoms with Crippen LogP contribution in [0.5, 0.6) is 0 Å². The van der Waals surface area contributed by atoms with Crippen molar-refractivity contribution in [1.82, 2.24) is 0 Å².